The van der Waals surface area contributed by atoms with Gasteiger partial charge in [0, 0.05) is 30.1 Å². The van der Waals surface area contributed by atoms with Gasteiger partial charge in [-0.3, -0.25) is 4.79 Å². The number of hydrogen-bond donors (Lipinski definition) is 1. The summed E-state index contributed by atoms with van der Waals surface area (Å²) in [7, 11) is 1.66. The third-order valence-electron chi connectivity index (χ3n) is 4.97. The van der Waals surface area contributed by atoms with Gasteiger partial charge in [0.05, 0.1) is 7.11 Å². The first-order valence-electron chi connectivity index (χ1n) is 7.84. The average molecular weight is 296 g/mol. The van der Waals surface area contributed by atoms with E-state index in [1.54, 1.807) is 7.11 Å². The van der Waals surface area contributed by atoms with Gasteiger partial charge in [-0.05, 0) is 42.5 Å². The molecule has 2 aliphatic rings. The fraction of sp³-hybridized carbons (Fsp3) is 0.389. The molecule has 0 radical (unpaired) electrons. The number of fused-ring (bicyclic) bond motifs is 3. The molecule has 4 rings (SSSR count). The topological polar surface area (TPSA) is 41.6 Å². The van der Waals surface area contributed by atoms with Crippen molar-refractivity contribution < 1.29 is 9.53 Å². The van der Waals surface area contributed by atoms with Gasteiger partial charge in [0.1, 0.15) is 5.75 Å². The van der Waals surface area contributed by atoms with Crippen molar-refractivity contribution in [1.29, 1.82) is 0 Å². The highest BCUT2D eigenvalue weighted by atomic mass is 16.5. The average Bonchev–Trinajstić information content (AvgIpc) is 3.16. The molecule has 114 valence electrons. The second kappa shape index (κ2) is 5.29. The maximum absolute atomic E-state index is 12.5. The molecule has 0 aliphatic carbocycles. The quantitative estimate of drug-likeness (QED) is 0.945. The SMILES string of the molecule is COc1cccc2ccc(C(=O)NC3CN4CCC3C4)cc12. The minimum atomic E-state index is 0.0200. The molecule has 22 heavy (non-hydrogen) atoms. The zero-order valence-electron chi connectivity index (χ0n) is 12.7. The fourth-order valence-corrected chi connectivity index (χ4v) is 3.76. The second-order valence-electron chi connectivity index (χ2n) is 6.28. The maximum atomic E-state index is 12.5. The zero-order valence-corrected chi connectivity index (χ0v) is 12.7. The lowest BCUT2D eigenvalue weighted by Gasteiger charge is -2.23. The maximum Gasteiger partial charge on any atom is 0.251 e. The van der Waals surface area contributed by atoms with E-state index in [0.29, 0.717) is 17.5 Å². The van der Waals surface area contributed by atoms with E-state index in [4.69, 9.17) is 4.74 Å². The van der Waals surface area contributed by atoms with Crippen LogP contribution in [0.2, 0.25) is 0 Å². The number of hydrogen-bond acceptors (Lipinski definition) is 3. The molecule has 2 aromatic rings. The van der Waals surface area contributed by atoms with E-state index < -0.39 is 0 Å². The molecular formula is C18H20N2O2. The van der Waals surface area contributed by atoms with Crippen LogP contribution in [0.3, 0.4) is 0 Å². The smallest absolute Gasteiger partial charge is 0.251 e. The highest BCUT2D eigenvalue weighted by Gasteiger charge is 2.38. The first kappa shape index (κ1) is 13.6. The Hall–Kier alpha value is -2.07. The molecule has 2 aliphatic heterocycles. The highest BCUT2D eigenvalue weighted by Crippen LogP contribution is 2.29. The van der Waals surface area contributed by atoms with Crippen LogP contribution >= 0.6 is 0 Å². The lowest BCUT2D eigenvalue weighted by molar-refractivity contribution is 0.0924. The number of piperidine rings is 1. The molecule has 0 aromatic heterocycles. The van der Waals surface area contributed by atoms with Crippen LogP contribution in [0.4, 0.5) is 0 Å². The Bertz CT molecular complexity index is 728. The van der Waals surface area contributed by atoms with Gasteiger partial charge in [-0.2, -0.15) is 0 Å². The van der Waals surface area contributed by atoms with E-state index in [0.717, 1.165) is 29.6 Å². The number of nitrogens with zero attached hydrogens (tertiary/aromatic N) is 1. The standard InChI is InChI=1S/C18H20N2O2/c1-22-17-4-2-3-12-5-6-13(9-15(12)17)18(21)19-16-11-20-8-7-14(16)10-20/h2-6,9,14,16H,7-8,10-11H2,1H3,(H,19,21). The van der Waals surface area contributed by atoms with Crippen molar-refractivity contribution in [3.05, 3.63) is 42.0 Å². The van der Waals surface area contributed by atoms with Gasteiger partial charge in [-0.25, -0.2) is 0 Å². The first-order chi connectivity index (χ1) is 10.7. The first-order valence-corrected chi connectivity index (χ1v) is 7.84. The third-order valence-corrected chi connectivity index (χ3v) is 4.97. The van der Waals surface area contributed by atoms with Crippen LogP contribution in [-0.4, -0.2) is 43.6 Å². The molecule has 2 bridgehead atoms. The van der Waals surface area contributed by atoms with Crippen molar-refractivity contribution in [2.24, 2.45) is 5.92 Å². The Morgan fingerprint density at radius 1 is 1.27 bits per heavy atom. The third kappa shape index (κ3) is 2.24. The van der Waals surface area contributed by atoms with Crippen LogP contribution < -0.4 is 10.1 Å². The molecule has 0 saturated carbocycles. The van der Waals surface area contributed by atoms with E-state index in [1.165, 1.54) is 13.0 Å². The molecular weight excluding hydrogens is 276 g/mol. The Labute approximate surface area is 130 Å². The molecule has 0 spiro atoms. The summed E-state index contributed by atoms with van der Waals surface area (Å²) in [6, 6.07) is 12.0. The van der Waals surface area contributed by atoms with Crippen LogP contribution in [0.5, 0.6) is 5.75 Å². The monoisotopic (exact) mass is 296 g/mol. The van der Waals surface area contributed by atoms with E-state index in [1.807, 2.05) is 36.4 Å². The Morgan fingerprint density at radius 2 is 2.18 bits per heavy atom. The van der Waals surface area contributed by atoms with Crippen molar-refractivity contribution in [3.8, 4) is 5.75 Å². The molecule has 2 heterocycles. The van der Waals surface area contributed by atoms with Crippen LogP contribution in [-0.2, 0) is 0 Å². The molecule has 4 heteroatoms. The highest BCUT2D eigenvalue weighted by molar-refractivity contribution is 6.00. The summed E-state index contributed by atoms with van der Waals surface area (Å²) in [6.45, 7) is 3.31. The number of ether oxygens (including phenoxy) is 1. The van der Waals surface area contributed by atoms with Gasteiger partial charge in [0.15, 0.2) is 0 Å². The molecule has 2 fully saturated rings. The zero-order chi connectivity index (χ0) is 15.1. The summed E-state index contributed by atoms with van der Waals surface area (Å²) in [4.78, 5) is 15.0. The largest absolute Gasteiger partial charge is 0.496 e. The van der Waals surface area contributed by atoms with Crippen LogP contribution in [0.15, 0.2) is 36.4 Å². The summed E-state index contributed by atoms with van der Waals surface area (Å²) in [6.07, 6.45) is 1.20. The summed E-state index contributed by atoms with van der Waals surface area (Å²) in [5.41, 5.74) is 0.703. The normalized spacial score (nSPS) is 26.3. The summed E-state index contributed by atoms with van der Waals surface area (Å²) < 4.78 is 5.40. The van der Waals surface area contributed by atoms with Crippen molar-refractivity contribution in [2.75, 3.05) is 26.7 Å². The van der Waals surface area contributed by atoms with Gasteiger partial charge in [0.25, 0.3) is 5.91 Å². The molecule has 2 aromatic carbocycles. The number of nitrogens with one attached hydrogen (secondary N) is 1. The molecule has 3 atom stereocenters. The van der Waals surface area contributed by atoms with Gasteiger partial charge in [-0.15, -0.1) is 0 Å². The Balaban J connectivity index is 1.59. The number of amides is 1. The molecule has 4 nitrogen and oxygen atoms in total. The molecule has 3 unspecified atom stereocenters. The van der Waals surface area contributed by atoms with E-state index in [-0.39, 0.29) is 5.91 Å². The predicted octanol–water partition coefficient (Wildman–Crippen LogP) is 2.28. The number of rotatable bonds is 3. The van der Waals surface area contributed by atoms with Crippen LogP contribution in [0.25, 0.3) is 10.8 Å². The van der Waals surface area contributed by atoms with Crippen LogP contribution in [0.1, 0.15) is 16.8 Å². The minimum absolute atomic E-state index is 0.0200. The van der Waals surface area contributed by atoms with Gasteiger partial charge < -0.3 is 15.0 Å². The summed E-state index contributed by atoms with van der Waals surface area (Å²) in [5.74, 6) is 1.45. The Kier molecular flexibility index (Phi) is 3.26. The minimum Gasteiger partial charge on any atom is -0.496 e. The fourth-order valence-electron chi connectivity index (χ4n) is 3.76. The van der Waals surface area contributed by atoms with Crippen molar-refractivity contribution >= 4 is 16.7 Å². The molecule has 1 N–H and O–H groups in total. The summed E-state index contributed by atoms with van der Waals surface area (Å²) >= 11 is 0. The number of carbonyl (C=O) groups excluding carboxylic acids is 1. The number of methoxy groups -OCH3 is 1. The number of benzene rings is 2. The summed E-state index contributed by atoms with van der Waals surface area (Å²) in [5, 5.41) is 5.27. The molecule has 1 amide bonds. The lowest BCUT2D eigenvalue weighted by atomic mass is 9.99. The van der Waals surface area contributed by atoms with Crippen molar-refractivity contribution in [3.63, 3.8) is 0 Å². The second-order valence-corrected chi connectivity index (χ2v) is 6.28. The van der Waals surface area contributed by atoms with Gasteiger partial charge in [0.2, 0.25) is 0 Å². The van der Waals surface area contributed by atoms with Gasteiger partial charge in [-0.1, -0.05) is 18.2 Å². The van der Waals surface area contributed by atoms with Gasteiger partial charge >= 0.3 is 0 Å². The van der Waals surface area contributed by atoms with Crippen molar-refractivity contribution in [2.45, 2.75) is 12.5 Å². The van der Waals surface area contributed by atoms with E-state index in [2.05, 4.69) is 10.2 Å². The van der Waals surface area contributed by atoms with Crippen molar-refractivity contribution in [1.82, 2.24) is 10.2 Å². The van der Waals surface area contributed by atoms with E-state index in [9.17, 15) is 4.79 Å². The van der Waals surface area contributed by atoms with Crippen LogP contribution in [0, 0.1) is 5.92 Å². The number of carbonyl (C=O) groups is 1. The Morgan fingerprint density at radius 3 is 2.91 bits per heavy atom. The van der Waals surface area contributed by atoms with E-state index >= 15 is 0 Å². The predicted molar refractivity (Wildman–Crippen MR) is 86.3 cm³/mol. The lowest BCUT2D eigenvalue weighted by Crippen LogP contribution is -2.43. The molecule has 2 saturated heterocycles.